The number of halogens is 3. The molecule has 1 amide bonds. The number of ether oxygens (including phenoxy) is 1. The van der Waals surface area contributed by atoms with Crippen LogP contribution in [0.4, 0.5) is 0 Å². The summed E-state index contributed by atoms with van der Waals surface area (Å²) in [4.78, 5) is 21.0. The predicted octanol–water partition coefficient (Wildman–Crippen LogP) is 7.16. The quantitative estimate of drug-likeness (QED) is 0.208. The molecular weight excluding hydrogens is 595 g/mol. The largest absolute Gasteiger partial charge is 0.490 e. The van der Waals surface area contributed by atoms with Gasteiger partial charge in [0.15, 0.2) is 5.82 Å². The number of tetrazole rings is 1. The van der Waals surface area contributed by atoms with Crippen LogP contribution in [0.3, 0.4) is 0 Å². The Labute approximate surface area is 257 Å². The van der Waals surface area contributed by atoms with Crippen LogP contribution in [0.25, 0.3) is 22.4 Å². The molecule has 8 nitrogen and oxygen atoms in total. The number of rotatable bonds is 7. The molecule has 1 N–H and O–H groups in total. The maximum atomic E-state index is 14.1. The number of hydrogen-bond donors (Lipinski definition) is 1. The number of pyridine rings is 1. The minimum atomic E-state index is -0.123. The van der Waals surface area contributed by atoms with Crippen molar-refractivity contribution < 1.29 is 9.53 Å². The number of aromatic amines is 1. The number of piperidine rings is 1. The number of hydrogen-bond acceptors (Lipinski definition) is 6. The van der Waals surface area contributed by atoms with Crippen molar-refractivity contribution in [1.82, 2.24) is 30.5 Å². The molecule has 1 saturated heterocycles. The molecule has 2 aromatic heterocycles. The van der Waals surface area contributed by atoms with E-state index in [-0.39, 0.29) is 18.4 Å². The van der Waals surface area contributed by atoms with E-state index in [9.17, 15) is 4.79 Å². The standard InChI is InChI=1S/C31H25Cl3N6O2/c32-20-7-5-19(6-8-20)30-25(24-3-1-2-4-27(24)34)17-26(28(35-30)18-29-36-38-39-37-29)31(41)40-15-13-23(14-16-40)42-22-11-9-21(33)10-12-22/h1-12,17,23H,13-16,18H2,(H,36,37,38,39). The summed E-state index contributed by atoms with van der Waals surface area (Å²) in [6.07, 6.45) is 1.61. The van der Waals surface area contributed by atoms with Gasteiger partial charge in [-0.1, -0.05) is 70.3 Å². The van der Waals surface area contributed by atoms with Crippen LogP contribution in [0.5, 0.6) is 5.75 Å². The van der Waals surface area contributed by atoms with Gasteiger partial charge in [0.2, 0.25) is 0 Å². The highest BCUT2D eigenvalue weighted by Crippen LogP contribution is 2.37. The normalized spacial score (nSPS) is 13.7. The van der Waals surface area contributed by atoms with Crippen LogP contribution in [0.2, 0.25) is 15.1 Å². The molecule has 6 rings (SSSR count). The topological polar surface area (TPSA) is 96.9 Å². The van der Waals surface area contributed by atoms with Crippen LogP contribution in [-0.2, 0) is 6.42 Å². The fraction of sp³-hybridized carbons (Fsp3) is 0.194. The van der Waals surface area contributed by atoms with Crippen LogP contribution in [-0.4, -0.2) is 55.6 Å². The Bertz CT molecular complexity index is 1690. The molecule has 0 atom stereocenters. The number of carbonyl (C=O) groups is 1. The molecule has 3 aromatic carbocycles. The first-order valence-electron chi connectivity index (χ1n) is 13.4. The lowest BCUT2D eigenvalue weighted by atomic mass is 9.94. The predicted molar refractivity (Wildman–Crippen MR) is 163 cm³/mol. The highest BCUT2D eigenvalue weighted by atomic mass is 35.5. The SMILES string of the molecule is O=C(c1cc(-c2ccccc2Cl)c(-c2ccc(Cl)cc2)nc1Cc1nn[nH]n1)N1CCC(Oc2ccc(Cl)cc2)CC1. The third kappa shape index (κ3) is 6.26. The molecule has 0 radical (unpaired) electrons. The molecule has 1 fully saturated rings. The Morgan fingerprint density at radius 2 is 1.60 bits per heavy atom. The molecule has 11 heteroatoms. The van der Waals surface area contributed by atoms with Crippen LogP contribution in [0, 0.1) is 0 Å². The van der Waals surface area contributed by atoms with E-state index in [0.29, 0.717) is 63.8 Å². The first kappa shape index (κ1) is 28.2. The van der Waals surface area contributed by atoms with Gasteiger partial charge in [-0.15, -0.1) is 10.2 Å². The van der Waals surface area contributed by atoms with Gasteiger partial charge in [0.1, 0.15) is 11.9 Å². The Kier molecular flexibility index (Phi) is 8.37. The number of H-pyrrole nitrogens is 1. The molecule has 5 aromatic rings. The van der Waals surface area contributed by atoms with E-state index in [1.54, 1.807) is 12.1 Å². The third-order valence-electron chi connectivity index (χ3n) is 7.17. The molecule has 0 spiro atoms. The maximum absolute atomic E-state index is 14.1. The van der Waals surface area contributed by atoms with Crippen molar-refractivity contribution in [3.05, 3.63) is 111 Å². The van der Waals surface area contributed by atoms with Gasteiger partial charge in [-0.3, -0.25) is 9.78 Å². The number of aromatic nitrogens is 5. The van der Waals surface area contributed by atoms with Crippen LogP contribution >= 0.6 is 34.8 Å². The van der Waals surface area contributed by atoms with Crippen LogP contribution in [0.15, 0.2) is 78.9 Å². The molecule has 212 valence electrons. The average Bonchev–Trinajstić information content (AvgIpc) is 3.52. The van der Waals surface area contributed by atoms with Crippen molar-refractivity contribution in [1.29, 1.82) is 0 Å². The molecule has 42 heavy (non-hydrogen) atoms. The lowest BCUT2D eigenvalue weighted by Crippen LogP contribution is -2.42. The summed E-state index contributed by atoms with van der Waals surface area (Å²) in [7, 11) is 0. The zero-order chi connectivity index (χ0) is 29.1. The first-order valence-corrected chi connectivity index (χ1v) is 14.6. The second kappa shape index (κ2) is 12.5. The first-order chi connectivity index (χ1) is 20.4. The molecule has 3 heterocycles. The fourth-order valence-corrected chi connectivity index (χ4v) is 5.53. The molecule has 0 aliphatic carbocycles. The van der Waals surface area contributed by atoms with E-state index >= 15 is 0 Å². The van der Waals surface area contributed by atoms with E-state index < -0.39 is 0 Å². The minimum Gasteiger partial charge on any atom is -0.490 e. The molecule has 1 aliphatic rings. The summed E-state index contributed by atoms with van der Waals surface area (Å²) in [5, 5.41) is 16.2. The fourth-order valence-electron chi connectivity index (χ4n) is 5.04. The van der Waals surface area contributed by atoms with Crippen LogP contribution < -0.4 is 4.74 Å². The van der Waals surface area contributed by atoms with Crippen molar-refractivity contribution in [3.63, 3.8) is 0 Å². The summed E-state index contributed by atoms with van der Waals surface area (Å²) in [5.74, 6) is 1.07. The summed E-state index contributed by atoms with van der Waals surface area (Å²) < 4.78 is 6.14. The van der Waals surface area contributed by atoms with Gasteiger partial charge < -0.3 is 9.64 Å². The van der Waals surface area contributed by atoms with Gasteiger partial charge in [-0.2, -0.15) is 5.21 Å². The third-order valence-corrected chi connectivity index (χ3v) is 8.01. The summed E-state index contributed by atoms with van der Waals surface area (Å²) in [6.45, 7) is 1.08. The zero-order valence-electron chi connectivity index (χ0n) is 22.3. The minimum absolute atomic E-state index is 0.00174. The Morgan fingerprint density at radius 1 is 0.905 bits per heavy atom. The smallest absolute Gasteiger partial charge is 0.255 e. The summed E-state index contributed by atoms with van der Waals surface area (Å²) in [6, 6.07) is 24.1. The van der Waals surface area contributed by atoms with Gasteiger partial charge in [0.25, 0.3) is 5.91 Å². The van der Waals surface area contributed by atoms with Crippen molar-refractivity contribution >= 4 is 40.7 Å². The lowest BCUT2D eigenvalue weighted by Gasteiger charge is -2.32. The Balaban J connectivity index is 1.36. The van der Waals surface area contributed by atoms with Gasteiger partial charge in [-0.05, 0) is 48.5 Å². The zero-order valence-corrected chi connectivity index (χ0v) is 24.6. The van der Waals surface area contributed by atoms with Crippen molar-refractivity contribution in [3.8, 4) is 28.1 Å². The van der Waals surface area contributed by atoms with Gasteiger partial charge in [0, 0.05) is 57.7 Å². The Morgan fingerprint density at radius 3 is 2.26 bits per heavy atom. The summed E-state index contributed by atoms with van der Waals surface area (Å²) in [5.41, 5.74) is 4.02. The molecule has 1 aliphatic heterocycles. The number of nitrogens with zero attached hydrogens (tertiary/aromatic N) is 5. The lowest BCUT2D eigenvalue weighted by molar-refractivity contribution is 0.0594. The van der Waals surface area contributed by atoms with Crippen LogP contribution in [0.1, 0.15) is 34.7 Å². The van der Waals surface area contributed by atoms with Crippen molar-refractivity contribution in [2.75, 3.05) is 13.1 Å². The van der Waals surface area contributed by atoms with Gasteiger partial charge in [0.05, 0.1) is 23.4 Å². The Hall–Kier alpha value is -3.98. The number of amides is 1. The number of benzene rings is 3. The van der Waals surface area contributed by atoms with E-state index in [2.05, 4.69) is 20.6 Å². The van der Waals surface area contributed by atoms with Crippen molar-refractivity contribution in [2.24, 2.45) is 0 Å². The summed E-state index contributed by atoms with van der Waals surface area (Å²) >= 11 is 18.9. The number of nitrogens with one attached hydrogen (secondary N) is 1. The second-order valence-electron chi connectivity index (χ2n) is 9.93. The molecule has 0 unspecified atom stereocenters. The molecule has 0 bridgehead atoms. The number of carbonyl (C=O) groups excluding carboxylic acids is 1. The number of likely N-dealkylation sites (tertiary alicyclic amines) is 1. The second-order valence-corrected chi connectivity index (χ2v) is 11.2. The van der Waals surface area contributed by atoms with E-state index in [1.807, 2.05) is 71.6 Å². The van der Waals surface area contributed by atoms with Crippen molar-refractivity contribution in [2.45, 2.75) is 25.4 Å². The highest BCUT2D eigenvalue weighted by molar-refractivity contribution is 6.33. The monoisotopic (exact) mass is 618 g/mol. The molecule has 0 saturated carbocycles. The maximum Gasteiger partial charge on any atom is 0.255 e. The highest BCUT2D eigenvalue weighted by Gasteiger charge is 2.29. The average molecular weight is 620 g/mol. The van der Waals surface area contributed by atoms with E-state index in [1.165, 1.54) is 0 Å². The molecular formula is C31H25Cl3N6O2. The van der Waals surface area contributed by atoms with E-state index in [0.717, 1.165) is 22.4 Å². The van der Waals surface area contributed by atoms with Gasteiger partial charge >= 0.3 is 0 Å². The van der Waals surface area contributed by atoms with E-state index in [4.69, 9.17) is 44.5 Å². The van der Waals surface area contributed by atoms with Gasteiger partial charge in [-0.25, -0.2) is 0 Å².